The molecule has 0 saturated heterocycles. The molecule has 66 valence electrons. The van der Waals surface area contributed by atoms with Gasteiger partial charge in [0, 0.05) is 11.6 Å². The summed E-state index contributed by atoms with van der Waals surface area (Å²) in [6.45, 7) is 6.28. The Morgan fingerprint density at radius 2 is 1.92 bits per heavy atom. The van der Waals surface area contributed by atoms with Crippen molar-refractivity contribution in [2.75, 3.05) is 0 Å². The molecule has 0 aliphatic carbocycles. The topological polar surface area (TPSA) is 12.9 Å². The molecule has 0 spiro atoms. The Bertz CT molecular complexity index is 258. The summed E-state index contributed by atoms with van der Waals surface area (Å²) in [5, 5.41) is 0. The molecule has 0 N–H and O–H groups in total. The van der Waals surface area contributed by atoms with E-state index in [9.17, 15) is 4.39 Å². The summed E-state index contributed by atoms with van der Waals surface area (Å²) in [6, 6.07) is 4.95. The van der Waals surface area contributed by atoms with E-state index in [4.69, 9.17) is 0 Å². The highest BCUT2D eigenvalue weighted by Crippen LogP contribution is 2.21. The van der Waals surface area contributed by atoms with E-state index in [1.165, 1.54) is 6.07 Å². The highest BCUT2D eigenvalue weighted by Gasteiger charge is 2.11. The summed E-state index contributed by atoms with van der Waals surface area (Å²) in [6.07, 6.45) is 0. The molecule has 0 aromatic carbocycles. The van der Waals surface area contributed by atoms with Crippen molar-refractivity contribution in [2.45, 2.75) is 26.7 Å². The standard InChI is InChI=1S/C10H14FN/c1-7(2)8(3)9-5-4-6-10(11)12-9/h4-8H,1-3H3/t8-/m0/s1. The van der Waals surface area contributed by atoms with E-state index >= 15 is 0 Å². The average molecular weight is 167 g/mol. The van der Waals surface area contributed by atoms with Crippen molar-refractivity contribution in [3.05, 3.63) is 29.8 Å². The first-order valence-electron chi connectivity index (χ1n) is 4.23. The molecule has 1 nitrogen and oxygen atoms in total. The number of rotatable bonds is 2. The van der Waals surface area contributed by atoms with Crippen molar-refractivity contribution < 1.29 is 4.39 Å². The molecule has 1 heterocycles. The van der Waals surface area contributed by atoms with E-state index < -0.39 is 0 Å². The summed E-state index contributed by atoms with van der Waals surface area (Å²) >= 11 is 0. The first-order valence-corrected chi connectivity index (χ1v) is 4.23. The molecule has 1 atom stereocenters. The van der Waals surface area contributed by atoms with Crippen LogP contribution >= 0.6 is 0 Å². The Kier molecular flexibility index (Phi) is 2.79. The van der Waals surface area contributed by atoms with Gasteiger partial charge in [-0.05, 0) is 18.1 Å². The minimum Gasteiger partial charge on any atom is -0.225 e. The van der Waals surface area contributed by atoms with Crippen LogP contribution in [0, 0.1) is 11.9 Å². The van der Waals surface area contributed by atoms with Gasteiger partial charge in [0.15, 0.2) is 0 Å². The molecule has 0 fully saturated rings. The van der Waals surface area contributed by atoms with Crippen LogP contribution in [0.4, 0.5) is 4.39 Å². The van der Waals surface area contributed by atoms with Crippen LogP contribution in [-0.4, -0.2) is 4.98 Å². The summed E-state index contributed by atoms with van der Waals surface area (Å²) in [7, 11) is 0. The van der Waals surface area contributed by atoms with Crippen molar-refractivity contribution in [3.8, 4) is 0 Å². The van der Waals surface area contributed by atoms with E-state index in [1.54, 1.807) is 6.07 Å². The Morgan fingerprint density at radius 1 is 1.25 bits per heavy atom. The normalized spacial score (nSPS) is 13.4. The van der Waals surface area contributed by atoms with Crippen LogP contribution in [0.25, 0.3) is 0 Å². The second-order valence-electron chi connectivity index (χ2n) is 3.42. The molecular weight excluding hydrogens is 153 g/mol. The number of nitrogens with zero attached hydrogens (tertiary/aromatic N) is 1. The van der Waals surface area contributed by atoms with Gasteiger partial charge in [-0.1, -0.05) is 26.8 Å². The third-order valence-corrected chi connectivity index (χ3v) is 2.20. The highest BCUT2D eigenvalue weighted by molar-refractivity contribution is 5.09. The molecule has 12 heavy (non-hydrogen) atoms. The lowest BCUT2D eigenvalue weighted by atomic mass is 9.94. The van der Waals surface area contributed by atoms with Gasteiger partial charge in [0.05, 0.1) is 0 Å². The lowest BCUT2D eigenvalue weighted by Crippen LogP contribution is -2.04. The molecule has 2 heteroatoms. The second-order valence-corrected chi connectivity index (χ2v) is 3.42. The van der Waals surface area contributed by atoms with Crippen LogP contribution in [0.2, 0.25) is 0 Å². The fourth-order valence-corrected chi connectivity index (χ4v) is 1.02. The zero-order valence-electron chi connectivity index (χ0n) is 7.71. The molecule has 0 saturated carbocycles. The zero-order chi connectivity index (χ0) is 9.14. The summed E-state index contributed by atoms with van der Waals surface area (Å²) in [5.41, 5.74) is 0.838. The fourth-order valence-electron chi connectivity index (χ4n) is 1.02. The van der Waals surface area contributed by atoms with E-state index in [-0.39, 0.29) is 5.95 Å². The molecule has 0 bridgehead atoms. The number of halogens is 1. The Labute approximate surface area is 72.6 Å². The van der Waals surface area contributed by atoms with Crippen molar-refractivity contribution in [3.63, 3.8) is 0 Å². The quantitative estimate of drug-likeness (QED) is 0.617. The van der Waals surface area contributed by atoms with E-state index in [0.29, 0.717) is 11.8 Å². The van der Waals surface area contributed by atoms with Gasteiger partial charge in [0.25, 0.3) is 0 Å². The number of pyridine rings is 1. The monoisotopic (exact) mass is 167 g/mol. The van der Waals surface area contributed by atoms with Crippen LogP contribution in [0.5, 0.6) is 0 Å². The molecule has 0 aliphatic heterocycles. The average Bonchev–Trinajstić information content (AvgIpc) is 2.03. The summed E-state index contributed by atoms with van der Waals surface area (Å²) in [4.78, 5) is 3.83. The molecule has 0 aliphatic rings. The van der Waals surface area contributed by atoms with Crippen molar-refractivity contribution in [2.24, 2.45) is 5.92 Å². The molecule has 0 radical (unpaired) electrons. The van der Waals surface area contributed by atoms with Gasteiger partial charge in [0.1, 0.15) is 0 Å². The predicted molar refractivity (Wildman–Crippen MR) is 47.4 cm³/mol. The third kappa shape index (κ3) is 2.03. The smallest absolute Gasteiger partial charge is 0.213 e. The van der Waals surface area contributed by atoms with Gasteiger partial charge in [-0.15, -0.1) is 0 Å². The van der Waals surface area contributed by atoms with Gasteiger partial charge in [-0.2, -0.15) is 4.39 Å². The number of hydrogen-bond donors (Lipinski definition) is 0. The van der Waals surface area contributed by atoms with Gasteiger partial charge >= 0.3 is 0 Å². The zero-order valence-corrected chi connectivity index (χ0v) is 7.71. The fraction of sp³-hybridized carbons (Fsp3) is 0.500. The molecule has 1 rings (SSSR count). The molecular formula is C10H14FN. The minimum atomic E-state index is -0.389. The van der Waals surface area contributed by atoms with E-state index in [1.807, 2.05) is 6.07 Å². The molecule has 1 aromatic rings. The maximum atomic E-state index is 12.7. The molecule has 0 unspecified atom stereocenters. The van der Waals surface area contributed by atoms with E-state index in [2.05, 4.69) is 25.8 Å². The lowest BCUT2D eigenvalue weighted by molar-refractivity contribution is 0.504. The molecule has 1 aromatic heterocycles. The van der Waals surface area contributed by atoms with Crippen LogP contribution in [0.3, 0.4) is 0 Å². The maximum Gasteiger partial charge on any atom is 0.213 e. The predicted octanol–water partition coefficient (Wildman–Crippen LogP) is 2.98. The van der Waals surface area contributed by atoms with Crippen LogP contribution in [0.15, 0.2) is 18.2 Å². The second kappa shape index (κ2) is 3.65. The highest BCUT2D eigenvalue weighted by atomic mass is 19.1. The SMILES string of the molecule is CC(C)[C@H](C)c1cccc(F)n1. The lowest BCUT2D eigenvalue weighted by Gasteiger charge is -2.14. The molecule has 0 amide bonds. The minimum absolute atomic E-state index is 0.320. The van der Waals surface area contributed by atoms with Crippen LogP contribution in [0.1, 0.15) is 32.4 Å². The third-order valence-electron chi connectivity index (χ3n) is 2.20. The first kappa shape index (κ1) is 9.17. The van der Waals surface area contributed by atoms with Gasteiger partial charge < -0.3 is 0 Å². The van der Waals surface area contributed by atoms with Crippen LogP contribution < -0.4 is 0 Å². The number of aromatic nitrogens is 1. The number of hydrogen-bond acceptors (Lipinski definition) is 1. The van der Waals surface area contributed by atoms with Gasteiger partial charge in [0.2, 0.25) is 5.95 Å². The van der Waals surface area contributed by atoms with Gasteiger partial charge in [-0.25, -0.2) is 4.98 Å². The Hall–Kier alpha value is -0.920. The van der Waals surface area contributed by atoms with E-state index in [0.717, 1.165) is 5.69 Å². The Balaban J connectivity index is 2.88. The van der Waals surface area contributed by atoms with Crippen molar-refractivity contribution in [1.82, 2.24) is 4.98 Å². The van der Waals surface area contributed by atoms with Gasteiger partial charge in [-0.3, -0.25) is 0 Å². The summed E-state index contributed by atoms with van der Waals surface area (Å²) < 4.78 is 12.7. The summed E-state index contributed by atoms with van der Waals surface area (Å²) in [5.74, 6) is 0.431. The van der Waals surface area contributed by atoms with Crippen molar-refractivity contribution >= 4 is 0 Å². The van der Waals surface area contributed by atoms with Crippen LogP contribution in [-0.2, 0) is 0 Å². The maximum absolute atomic E-state index is 12.7. The largest absolute Gasteiger partial charge is 0.225 e. The Morgan fingerprint density at radius 3 is 2.42 bits per heavy atom. The first-order chi connectivity index (χ1) is 5.61. The van der Waals surface area contributed by atoms with Crippen molar-refractivity contribution in [1.29, 1.82) is 0 Å².